The molecule has 2 saturated heterocycles. The van der Waals surface area contributed by atoms with Crippen LogP contribution >= 0.6 is 0 Å². The fraction of sp³-hybridized carbons (Fsp3) is 0.641. The topological polar surface area (TPSA) is 109 Å². The van der Waals surface area contributed by atoms with Crippen LogP contribution in [0.2, 0.25) is 0 Å². The Morgan fingerprint density at radius 3 is 2.15 bits per heavy atom. The molecule has 4 atom stereocenters. The maximum atomic E-state index is 13.1. The van der Waals surface area contributed by atoms with Crippen molar-refractivity contribution in [3.8, 4) is 0 Å². The van der Waals surface area contributed by atoms with E-state index in [1.54, 1.807) is 0 Å². The Balaban J connectivity index is 0.998. The molecule has 6 aliphatic rings. The van der Waals surface area contributed by atoms with E-state index in [2.05, 4.69) is 15.5 Å². The van der Waals surface area contributed by atoms with Gasteiger partial charge in [-0.1, -0.05) is 48.5 Å². The predicted molar refractivity (Wildman–Crippen MR) is 182 cm³/mol. The predicted octanol–water partition coefficient (Wildman–Crippen LogP) is 6.30. The van der Waals surface area contributed by atoms with E-state index < -0.39 is 11.9 Å². The molecule has 2 heterocycles. The van der Waals surface area contributed by atoms with Gasteiger partial charge in [0.1, 0.15) is 11.6 Å². The zero-order valence-electron chi connectivity index (χ0n) is 28.8. The number of aliphatic hydroxyl groups is 1. The van der Waals surface area contributed by atoms with Gasteiger partial charge in [0.25, 0.3) is 0 Å². The molecule has 2 aromatic carbocycles. The Morgan fingerprint density at radius 2 is 1.52 bits per heavy atom. The van der Waals surface area contributed by atoms with E-state index in [1.807, 2.05) is 69.3 Å². The van der Waals surface area contributed by atoms with Crippen LogP contribution in [0.5, 0.6) is 0 Å². The molecule has 0 spiro atoms. The second-order valence-corrected chi connectivity index (χ2v) is 16.3. The van der Waals surface area contributed by atoms with Gasteiger partial charge in [-0.05, 0) is 113 Å². The Bertz CT molecular complexity index is 1400. The van der Waals surface area contributed by atoms with Gasteiger partial charge in [-0.3, -0.25) is 9.69 Å². The number of carbonyl (C=O) groups is 2. The van der Waals surface area contributed by atoms with Crippen LogP contribution in [0.4, 0.5) is 4.79 Å². The summed E-state index contributed by atoms with van der Waals surface area (Å²) < 4.78 is 18.9. The van der Waals surface area contributed by atoms with E-state index in [4.69, 9.17) is 14.2 Å². The molecule has 9 heteroatoms. The van der Waals surface area contributed by atoms with E-state index in [-0.39, 0.29) is 42.4 Å². The second kappa shape index (κ2) is 13.7. The van der Waals surface area contributed by atoms with E-state index in [0.717, 1.165) is 78.7 Å². The molecule has 2 aliphatic heterocycles. The molecule has 8 rings (SSSR count). The van der Waals surface area contributed by atoms with E-state index in [0.29, 0.717) is 19.5 Å². The van der Waals surface area contributed by atoms with Gasteiger partial charge in [0.2, 0.25) is 0 Å². The monoisotopic (exact) mass is 659 g/mol. The summed E-state index contributed by atoms with van der Waals surface area (Å²) >= 11 is 0. The maximum Gasteiger partial charge on any atom is 0.323 e. The number of hydrogen-bond acceptors (Lipinski definition) is 7. The molecule has 0 radical (unpaired) electrons. The van der Waals surface area contributed by atoms with Crippen LogP contribution in [0.15, 0.2) is 48.5 Å². The van der Waals surface area contributed by atoms with Gasteiger partial charge in [0, 0.05) is 30.6 Å². The normalized spacial score (nSPS) is 33.0. The molecule has 48 heavy (non-hydrogen) atoms. The summed E-state index contributed by atoms with van der Waals surface area (Å²) in [5, 5.41) is 16.1. The Labute approximate surface area is 285 Å². The first-order valence-corrected chi connectivity index (χ1v) is 18.2. The van der Waals surface area contributed by atoms with Crippen LogP contribution in [-0.4, -0.2) is 58.4 Å². The standard InChI is InChI=1S/C39H53N3O6/c1-38(2,3)48-35(44)33-5-4-14-42(33)23-32-18-34(30-10-8-26(24-43)9-11-30)47-36(46-32)31-12-6-25(7-13-31)22-40-37(45)41-39-19-27-15-28(20-39)17-29(16-27)21-39/h6-13,27-29,32-34,36,43H,4-5,14-24H2,1-3H3,(H2,40,41,45). The van der Waals surface area contributed by atoms with Crippen molar-refractivity contribution in [2.45, 2.75) is 127 Å². The van der Waals surface area contributed by atoms with Crippen molar-refractivity contribution in [1.29, 1.82) is 0 Å². The fourth-order valence-corrected chi connectivity index (χ4v) is 9.50. The number of rotatable bonds is 9. The van der Waals surface area contributed by atoms with Crippen LogP contribution in [0.25, 0.3) is 0 Å². The molecule has 4 saturated carbocycles. The summed E-state index contributed by atoms with van der Waals surface area (Å²) in [5.74, 6) is 2.19. The van der Waals surface area contributed by atoms with Crippen LogP contribution in [0.1, 0.15) is 113 Å². The largest absolute Gasteiger partial charge is 0.459 e. The van der Waals surface area contributed by atoms with Crippen molar-refractivity contribution in [2.75, 3.05) is 13.1 Å². The van der Waals surface area contributed by atoms with Gasteiger partial charge in [-0.2, -0.15) is 0 Å². The van der Waals surface area contributed by atoms with Crippen LogP contribution in [0.3, 0.4) is 0 Å². The van der Waals surface area contributed by atoms with Crippen molar-refractivity contribution in [3.63, 3.8) is 0 Å². The second-order valence-electron chi connectivity index (χ2n) is 16.3. The molecule has 4 aliphatic carbocycles. The highest BCUT2D eigenvalue weighted by Crippen LogP contribution is 2.55. The molecule has 4 unspecified atom stereocenters. The molecule has 3 N–H and O–H groups in total. The third-order valence-corrected chi connectivity index (χ3v) is 11.2. The molecule has 260 valence electrons. The lowest BCUT2D eigenvalue weighted by atomic mass is 9.53. The summed E-state index contributed by atoms with van der Waals surface area (Å²) in [4.78, 5) is 28.3. The summed E-state index contributed by atoms with van der Waals surface area (Å²) in [6, 6.07) is 15.6. The molecule has 4 bridgehead atoms. The highest BCUT2D eigenvalue weighted by atomic mass is 16.7. The van der Waals surface area contributed by atoms with Gasteiger partial charge in [-0.25, -0.2) is 4.79 Å². The third-order valence-electron chi connectivity index (χ3n) is 11.2. The smallest absolute Gasteiger partial charge is 0.323 e. The molecular formula is C39H53N3O6. The average Bonchev–Trinajstić information content (AvgIpc) is 3.50. The number of nitrogens with one attached hydrogen (secondary N) is 2. The van der Waals surface area contributed by atoms with Gasteiger partial charge in [0.15, 0.2) is 6.29 Å². The number of benzene rings is 2. The number of amides is 2. The number of nitrogens with zero attached hydrogens (tertiary/aromatic N) is 1. The minimum atomic E-state index is -0.588. The van der Waals surface area contributed by atoms with Gasteiger partial charge < -0.3 is 30.0 Å². The third kappa shape index (κ3) is 7.75. The molecule has 6 fully saturated rings. The molecular weight excluding hydrogens is 606 g/mol. The van der Waals surface area contributed by atoms with Crippen molar-refractivity contribution in [1.82, 2.24) is 15.5 Å². The lowest BCUT2D eigenvalue weighted by Crippen LogP contribution is -2.61. The van der Waals surface area contributed by atoms with Crippen molar-refractivity contribution < 1.29 is 28.9 Å². The van der Waals surface area contributed by atoms with Gasteiger partial charge in [0.05, 0.1) is 18.8 Å². The van der Waals surface area contributed by atoms with E-state index >= 15 is 0 Å². The highest BCUT2D eigenvalue weighted by molar-refractivity contribution is 5.76. The van der Waals surface area contributed by atoms with Crippen molar-refractivity contribution in [3.05, 3.63) is 70.8 Å². The Morgan fingerprint density at radius 1 is 0.896 bits per heavy atom. The molecule has 2 aromatic rings. The number of esters is 1. The average molecular weight is 660 g/mol. The molecule has 2 amide bonds. The van der Waals surface area contributed by atoms with Crippen molar-refractivity contribution in [2.24, 2.45) is 17.8 Å². The molecule has 0 aromatic heterocycles. The van der Waals surface area contributed by atoms with Gasteiger partial charge in [-0.15, -0.1) is 0 Å². The first kappa shape index (κ1) is 33.5. The first-order chi connectivity index (χ1) is 23.0. The zero-order chi connectivity index (χ0) is 33.5. The van der Waals surface area contributed by atoms with Crippen LogP contribution < -0.4 is 10.6 Å². The lowest BCUT2D eigenvalue weighted by Gasteiger charge is -2.56. The number of ether oxygens (including phenoxy) is 3. The van der Waals surface area contributed by atoms with Crippen molar-refractivity contribution >= 4 is 12.0 Å². The minimum Gasteiger partial charge on any atom is -0.459 e. The highest BCUT2D eigenvalue weighted by Gasteiger charge is 2.51. The Hall–Kier alpha value is -2.98. The summed E-state index contributed by atoms with van der Waals surface area (Å²) in [6.45, 7) is 7.59. The summed E-state index contributed by atoms with van der Waals surface area (Å²) in [7, 11) is 0. The summed E-state index contributed by atoms with van der Waals surface area (Å²) in [6.07, 6.45) is 8.87. The number of likely N-dealkylation sites (tertiary alicyclic amines) is 1. The first-order valence-electron chi connectivity index (χ1n) is 18.2. The number of urea groups is 1. The SMILES string of the molecule is CC(C)(C)OC(=O)C1CCCN1CC1CC(c2ccc(CO)cc2)OC(c2ccc(CNC(=O)NC34CC5CC(CC(C5)C3)C4)cc2)O1. The lowest BCUT2D eigenvalue weighted by molar-refractivity contribution is -0.253. The maximum absolute atomic E-state index is 13.1. The van der Waals surface area contributed by atoms with E-state index in [1.165, 1.54) is 19.3 Å². The molecule has 9 nitrogen and oxygen atoms in total. The zero-order valence-corrected chi connectivity index (χ0v) is 28.8. The minimum absolute atomic E-state index is 0.00763. The van der Waals surface area contributed by atoms with Crippen LogP contribution in [0, 0.1) is 17.8 Å². The van der Waals surface area contributed by atoms with E-state index in [9.17, 15) is 14.7 Å². The Kier molecular flexibility index (Phi) is 9.59. The van der Waals surface area contributed by atoms with Gasteiger partial charge >= 0.3 is 12.0 Å². The summed E-state index contributed by atoms with van der Waals surface area (Å²) in [5.41, 5.74) is 3.26. The number of aliphatic hydroxyl groups excluding tert-OH is 1. The fourth-order valence-electron chi connectivity index (χ4n) is 9.50. The quantitative estimate of drug-likeness (QED) is 0.271. The number of hydrogen-bond donors (Lipinski definition) is 3. The number of carbonyl (C=O) groups excluding carboxylic acids is 2. The van der Waals surface area contributed by atoms with Crippen LogP contribution in [-0.2, 0) is 32.2 Å².